The van der Waals surface area contributed by atoms with Gasteiger partial charge in [-0.05, 0) is 72.1 Å². The maximum Gasteiger partial charge on any atom is 0.338 e. The molecule has 2 N–H and O–H groups in total. The van der Waals surface area contributed by atoms with E-state index < -0.39 is 18.0 Å². The summed E-state index contributed by atoms with van der Waals surface area (Å²) in [4.78, 5) is 25.5. The number of nitrogens with one attached hydrogen (secondary N) is 2. The van der Waals surface area contributed by atoms with E-state index in [0.29, 0.717) is 28.3 Å². The van der Waals surface area contributed by atoms with E-state index in [1.54, 1.807) is 74.7 Å². The number of carbonyl (C=O) groups is 2. The fourth-order valence-electron chi connectivity index (χ4n) is 3.73. The lowest BCUT2D eigenvalue weighted by Gasteiger charge is -2.29. The standard InChI is InChI=1S/C27H25FN2O5/c1-3-34-26(31)23-24(18-6-12-21(33-2)13-7-18)29-27(32)30-25(23)19-8-14-22(15-9-19)35-16-17-4-10-20(28)11-5-17/h4-15,25H,3,16H2,1-2H3,(H2,29,30,32). The molecule has 0 fully saturated rings. The largest absolute Gasteiger partial charge is 0.497 e. The molecule has 1 heterocycles. The van der Waals surface area contributed by atoms with Crippen LogP contribution in [0.5, 0.6) is 11.5 Å². The van der Waals surface area contributed by atoms with Gasteiger partial charge >= 0.3 is 12.0 Å². The molecular weight excluding hydrogens is 451 g/mol. The summed E-state index contributed by atoms with van der Waals surface area (Å²) in [5, 5.41) is 5.57. The van der Waals surface area contributed by atoms with E-state index in [9.17, 15) is 14.0 Å². The molecule has 35 heavy (non-hydrogen) atoms. The molecule has 0 spiro atoms. The zero-order chi connectivity index (χ0) is 24.8. The molecule has 8 heteroatoms. The maximum atomic E-state index is 13.1. The van der Waals surface area contributed by atoms with Crippen molar-refractivity contribution < 1.29 is 28.2 Å². The van der Waals surface area contributed by atoms with Crippen molar-refractivity contribution in [2.45, 2.75) is 19.6 Å². The van der Waals surface area contributed by atoms with E-state index in [1.807, 2.05) is 0 Å². The Labute approximate surface area is 202 Å². The number of halogens is 1. The number of carbonyl (C=O) groups excluding carboxylic acids is 2. The Kier molecular flexibility index (Phi) is 7.30. The predicted octanol–water partition coefficient (Wildman–Crippen LogP) is 4.74. The van der Waals surface area contributed by atoms with Crippen molar-refractivity contribution in [3.63, 3.8) is 0 Å². The number of hydrogen-bond acceptors (Lipinski definition) is 5. The number of methoxy groups -OCH3 is 1. The number of ether oxygens (including phenoxy) is 3. The fraction of sp³-hybridized carbons (Fsp3) is 0.185. The summed E-state index contributed by atoms with van der Waals surface area (Å²) in [7, 11) is 1.56. The van der Waals surface area contributed by atoms with Crippen molar-refractivity contribution in [1.82, 2.24) is 10.6 Å². The molecule has 1 aliphatic rings. The first kappa shape index (κ1) is 23.8. The van der Waals surface area contributed by atoms with Crippen LogP contribution in [-0.4, -0.2) is 25.7 Å². The molecule has 0 saturated heterocycles. The van der Waals surface area contributed by atoms with Crippen LogP contribution in [0, 0.1) is 5.82 Å². The Morgan fingerprint density at radius 3 is 2.23 bits per heavy atom. The van der Waals surface area contributed by atoms with Crippen LogP contribution < -0.4 is 20.1 Å². The number of hydrogen-bond donors (Lipinski definition) is 2. The molecule has 2 amide bonds. The van der Waals surface area contributed by atoms with Crippen molar-refractivity contribution in [3.8, 4) is 11.5 Å². The van der Waals surface area contributed by atoms with Gasteiger partial charge in [-0.15, -0.1) is 0 Å². The minimum Gasteiger partial charge on any atom is -0.497 e. The fourth-order valence-corrected chi connectivity index (χ4v) is 3.73. The van der Waals surface area contributed by atoms with Gasteiger partial charge in [0, 0.05) is 0 Å². The lowest BCUT2D eigenvalue weighted by Crippen LogP contribution is -2.45. The Morgan fingerprint density at radius 1 is 0.943 bits per heavy atom. The highest BCUT2D eigenvalue weighted by molar-refractivity contribution is 6.04. The van der Waals surface area contributed by atoms with E-state index >= 15 is 0 Å². The lowest BCUT2D eigenvalue weighted by molar-refractivity contribution is -0.138. The summed E-state index contributed by atoms with van der Waals surface area (Å²) in [5.74, 6) is 0.407. The highest BCUT2D eigenvalue weighted by Crippen LogP contribution is 2.33. The van der Waals surface area contributed by atoms with Crippen molar-refractivity contribution in [3.05, 3.63) is 101 Å². The molecule has 0 aliphatic carbocycles. The second-order valence-corrected chi connectivity index (χ2v) is 7.75. The number of esters is 1. The summed E-state index contributed by atoms with van der Waals surface area (Å²) in [6.07, 6.45) is 0. The summed E-state index contributed by atoms with van der Waals surface area (Å²) < 4.78 is 29.4. The molecule has 3 aromatic rings. The predicted molar refractivity (Wildman–Crippen MR) is 128 cm³/mol. The second kappa shape index (κ2) is 10.7. The van der Waals surface area contributed by atoms with Gasteiger partial charge in [0.05, 0.1) is 31.0 Å². The molecule has 4 rings (SSSR count). The smallest absolute Gasteiger partial charge is 0.338 e. The third-order valence-corrected chi connectivity index (χ3v) is 5.48. The molecule has 3 aromatic carbocycles. The van der Waals surface area contributed by atoms with E-state index in [0.717, 1.165) is 5.56 Å². The van der Waals surface area contributed by atoms with Gasteiger partial charge in [0.2, 0.25) is 0 Å². The quantitative estimate of drug-likeness (QED) is 0.459. The van der Waals surface area contributed by atoms with Gasteiger partial charge in [-0.3, -0.25) is 0 Å². The molecule has 1 unspecified atom stereocenters. The Bertz CT molecular complexity index is 1220. The maximum absolute atomic E-state index is 13.1. The highest BCUT2D eigenvalue weighted by Gasteiger charge is 2.34. The molecule has 0 bridgehead atoms. The van der Waals surface area contributed by atoms with Crippen LogP contribution in [0.15, 0.2) is 78.4 Å². The van der Waals surface area contributed by atoms with E-state index in [1.165, 1.54) is 12.1 Å². The molecular formula is C27H25FN2O5. The van der Waals surface area contributed by atoms with Crippen LogP contribution in [0.4, 0.5) is 9.18 Å². The van der Waals surface area contributed by atoms with Crippen molar-refractivity contribution in [1.29, 1.82) is 0 Å². The van der Waals surface area contributed by atoms with Crippen LogP contribution in [0.25, 0.3) is 5.70 Å². The molecule has 180 valence electrons. The molecule has 0 saturated carbocycles. The van der Waals surface area contributed by atoms with Crippen LogP contribution >= 0.6 is 0 Å². The first-order valence-electron chi connectivity index (χ1n) is 11.1. The van der Waals surface area contributed by atoms with Gasteiger partial charge in [0.25, 0.3) is 0 Å². The number of amides is 2. The Balaban J connectivity index is 1.63. The van der Waals surface area contributed by atoms with E-state index in [-0.39, 0.29) is 24.6 Å². The zero-order valence-electron chi connectivity index (χ0n) is 19.3. The highest BCUT2D eigenvalue weighted by atomic mass is 19.1. The van der Waals surface area contributed by atoms with Crippen LogP contribution in [0.3, 0.4) is 0 Å². The first-order chi connectivity index (χ1) is 17.0. The van der Waals surface area contributed by atoms with Gasteiger partial charge in [-0.2, -0.15) is 0 Å². The second-order valence-electron chi connectivity index (χ2n) is 7.75. The molecule has 1 aliphatic heterocycles. The van der Waals surface area contributed by atoms with Gasteiger partial charge < -0.3 is 24.8 Å². The average molecular weight is 477 g/mol. The topological polar surface area (TPSA) is 85.9 Å². The third kappa shape index (κ3) is 5.60. The summed E-state index contributed by atoms with van der Waals surface area (Å²) in [5.41, 5.74) is 2.82. The minimum absolute atomic E-state index is 0.190. The number of rotatable bonds is 8. The van der Waals surface area contributed by atoms with Gasteiger partial charge in [0.15, 0.2) is 0 Å². The summed E-state index contributed by atoms with van der Waals surface area (Å²) in [6.45, 7) is 2.19. The van der Waals surface area contributed by atoms with E-state index in [4.69, 9.17) is 14.2 Å². The third-order valence-electron chi connectivity index (χ3n) is 5.48. The summed E-state index contributed by atoms with van der Waals surface area (Å²) >= 11 is 0. The van der Waals surface area contributed by atoms with Gasteiger partial charge in [0.1, 0.15) is 23.9 Å². The monoisotopic (exact) mass is 476 g/mol. The van der Waals surface area contributed by atoms with Crippen molar-refractivity contribution in [2.24, 2.45) is 0 Å². The van der Waals surface area contributed by atoms with Gasteiger partial charge in [-0.25, -0.2) is 14.0 Å². The lowest BCUT2D eigenvalue weighted by atomic mass is 9.92. The van der Waals surface area contributed by atoms with Crippen LogP contribution in [0.2, 0.25) is 0 Å². The molecule has 7 nitrogen and oxygen atoms in total. The zero-order valence-corrected chi connectivity index (χ0v) is 19.3. The van der Waals surface area contributed by atoms with Crippen LogP contribution in [-0.2, 0) is 16.1 Å². The normalized spacial score (nSPS) is 15.2. The van der Waals surface area contributed by atoms with E-state index in [2.05, 4.69) is 10.6 Å². The van der Waals surface area contributed by atoms with Crippen molar-refractivity contribution in [2.75, 3.05) is 13.7 Å². The summed E-state index contributed by atoms with van der Waals surface area (Å²) in [6, 6.07) is 19.0. The molecule has 1 atom stereocenters. The number of benzene rings is 3. The Hall–Kier alpha value is -4.33. The molecule has 0 radical (unpaired) electrons. The van der Waals surface area contributed by atoms with Gasteiger partial charge in [-0.1, -0.05) is 24.3 Å². The van der Waals surface area contributed by atoms with Crippen LogP contribution in [0.1, 0.15) is 29.7 Å². The first-order valence-corrected chi connectivity index (χ1v) is 11.1. The average Bonchev–Trinajstić information content (AvgIpc) is 2.88. The minimum atomic E-state index is -0.731. The number of urea groups is 1. The molecule has 0 aromatic heterocycles. The SMILES string of the molecule is CCOC(=O)C1=C(c2ccc(OC)cc2)NC(=O)NC1c1ccc(OCc2ccc(F)cc2)cc1. The van der Waals surface area contributed by atoms with Crippen molar-refractivity contribution >= 4 is 17.7 Å². The Morgan fingerprint density at radius 2 is 1.60 bits per heavy atom.